The van der Waals surface area contributed by atoms with Crippen molar-refractivity contribution < 1.29 is 13.2 Å². The predicted molar refractivity (Wildman–Crippen MR) is 107 cm³/mol. The van der Waals surface area contributed by atoms with Gasteiger partial charge in [-0.3, -0.25) is 14.1 Å². The molecule has 1 unspecified atom stereocenters. The minimum absolute atomic E-state index is 0.427. The summed E-state index contributed by atoms with van der Waals surface area (Å²) >= 11 is 0. The van der Waals surface area contributed by atoms with Crippen LogP contribution in [0.2, 0.25) is 0 Å². The molecule has 1 aromatic carbocycles. The van der Waals surface area contributed by atoms with E-state index in [1.54, 1.807) is 66.6 Å². The third-order valence-electron chi connectivity index (χ3n) is 4.12. The van der Waals surface area contributed by atoms with Gasteiger partial charge in [-0.25, -0.2) is 13.1 Å². The topological polar surface area (TPSA) is 97.2 Å². The Bertz CT molecular complexity index is 1040. The number of pyridine rings is 1. The molecule has 3 aromatic rings. The van der Waals surface area contributed by atoms with Crippen LogP contribution in [-0.4, -0.2) is 41.4 Å². The molecule has 0 spiro atoms. The highest BCUT2D eigenvalue weighted by Crippen LogP contribution is 2.21. The SMILES string of the molecule is CC(C(=O)Nc1ccnn1Cc1cccnc1)N(c1ccccc1)S(C)(=O)=O. The molecule has 1 N–H and O–H groups in total. The Morgan fingerprint density at radius 3 is 2.54 bits per heavy atom. The third kappa shape index (κ3) is 4.55. The molecular formula is C19H21N5O3S. The first-order valence-corrected chi connectivity index (χ1v) is 10.5. The first kappa shape index (κ1) is 19.6. The maximum atomic E-state index is 12.8. The molecule has 0 aliphatic heterocycles. The maximum Gasteiger partial charge on any atom is 0.249 e. The average molecular weight is 399 g/mol. The lowest BCUT2D eigenvalue weighted by molar-refractivity contribution is -0.116. The zero-order valence-corrected chi connectivity index (χ0v) is 16.4. The molecule has 0 saturated heterocycles. The van der Waals surface area contributed by atoms with Crippen LogP contribution in [0.3, 0.4) is 0 Å². The van der Waals surface area contributed by atoms with Crippen LogP contribution in [0.5, 0.6) is 0 Å². The van der Waals surface area contributed by atoms with Crippen molar-refractivity contribution in [2.45, 2.75) is 19.5 Å². The molecule has 0 aliphatic carbocycles. The lowest BCUT2D eigenvalue weighted by Crippen LogP contribution is -2.45. The van der Waals surface area contributed by atoms with E-state index in [1.807, 2.05) is 12.1 Å². The van der Waals surface area contributed by atoms with Gasteiger partial charge in [0.2, 0.25) is 15.9 Å². The zero-order valence-electron chi connectivity index (χ0n) is 15.6. The second kappa shape index (κ2) is 8.22. The molecule has 28 heavy (non-hydrogen) atoms. The molecule has 0 radical (unpaired) electrons. The van der Waals surface area contributed by atoms with Crippen LogP contribution in [-0.2, 0) is 21.4 Å². The molecule has 0 bridgehead atoms. The highest BCUT2D eigenvalue weighted by atomic mass is 32.2. The fraction of sp³-hybridized carbons (Fsp3) is 0.211. The van der Waals surface area contributed by atoms with Gasteiger partial charge in [-0.1, -0.05) is 24.3 Å². The number of hydrogen-bond acceptors (Lipinski definition) is 5. The number of hydrogen-bond donors (Lipinski definition) is 1. The quantitative estimate of drug-likeness (QED) is 0.656. The van der Waals surface area contributed by atoms with Gasteiger partial charge in [0, 0.05) is 18.5 Å². The predicted octanol–water partition coefficient (Wildman–Crippen LogP) is 2.12. The Hall–Kier alpha value is -3.20. The van der Waals surface area contributed by atoms with Gasteiger partial charge in [0.1, 0.15) is 11.9 Å². The van der Waals surface area contributed by atoms with Gasteiger partial charge >= 0.3 is 0 Å². The normalized spacial score (nSPS) is 12.4. The van der Waals surface area contributed by atoms with E-state index in [-0.39, 0.29) is 0 Å². The molecular weight excluding hydrogens is 378 g/mol. The number of rotatable bonds is 7. The summed E-state index contributed by atoms with van der Waals surface area (Å²) < 4.78 is 27.3. The molecule has 3 rings (SSSR count). The highest BCUT2D eigenvalue weighted by Gasteiger charge is 2.29. The van der Waals surface area contributed by atoms with Crippen molar-refractivity contribution in [3.63, 3.8) is 0 Å². The Morgan fingerprint density at radius 2 is 1.89 bits per heavy atom. The van der Waals surface area contributed by atoms with Crippen molar-refractivity contribution >= 4 is 27.4 Å². The maximum absolute atomic E-state index is 12.8. The van der Waals surface area contributed by atoms with Gasteiger partial charge in [-0.05, 0) is 30.7 Å². The van der Waals surface area contributed by atoms with Gasteiger partial charge in [-0.2, -0.15) is 5.10 Å². The largest absolute Gasteiger partial charge is 0.309 e. The number of anilines is 2. The lowest BCUT2D eigenvalue weighted by atomic mass is 10.2. The fourth-order valence-corrected chi connectivity index (χ4v) is 4.02. The number of sulfonamides is 1. The smallest absolute Gasteiger partial charge is 0.249 e. The van der Waals surface area contributed by atoms with Crippen molar-refractivity contribution in [1.29, 1.82) is 0 Å². The number of amides is 1. The number of nitrogens with zero attached hydrogens (tertiary/aromatic N) is 4. The first-order chi connectivity index (χ1) is 13.4. The van der Waals surface area contributed by atoms with Gasteiger partial charge < -0.3 is 5.32 Å². The van der Waals surface area contributed by atoms with Crippen molar-refractivity contribution in [3.05, 3.63) is 72.7 Å². The van der Waals surface area contributed by atoms with Gasteiger partial charge in [0.15, 0.2) is 0 Å². The summed E-state index contributed by atoms with van der Waals surface area (Å²) in [5.74, 6) is 0.0180. The van der Waals surface area contributed by atoms with Gasteiger partial charge in [0.25, 0.3) is 0 Å². The van der Waals surface area contributed by atoms with Crippen LogP contribution in [0, 0.1) is 0 Å². The van der Waals surface area contributed by atoms with Crippen molar-refractivity contribution in [1.82, 2.24) is 14.8 Å². The zero-order chi connectivity index (χ0) is 20.1. The fourth-order valence-electron chi connectivity index (χ4n) is 2.84. The summed E-state index contributed by atoms with van der Waals surface area (Å²) in [4.78, 5) is 16.9. The molecule has 1 amide bonds. The van der Waals surface area contributed by atoms with E-state index in [4.69, 9.17) is 0 Å². The second-order valence-electron chi connectivity index (χ2n) is 6.29. The molecule has 146 valence electrons. The number of carbonyl (C=O) groups excluding carboxylic acids is 1. The van der Waals surface area contributed by atoms with E-state index in [2.05, 4.69) is 15.4 Å². The lowest BCUT2D eigenvalue weighted by Gasteiger charge is -2.28. The highest BCUT2D eigenvalue weighted by molar-refractivity contribution is 7.92. The summed E-state index contributed by atoms with van der Waals surface area (Å²) in [7, 11) is -3.66. The van der Waals surface area contributed by atoms with Crippen LogP contribution >= 0.6 is 0 Å². The molecule has 0 fully saturated rings. The minimum atomic E-state index is -3.66. The molecule has 0 aliphatic rings. The Balaban J connectivity index is 1.80. The molecule has 1 atom stereocenters. The van der Waals surface area contributed by atoms with Crippen LogP contribution in [0.25, 0.3) is 0 Å². The standard InChI is InChI=1S/C19H21N5O3S/c1-15(24(28(2,26)27)17-8-4-3-5-9-17)19(25)22-18-10-12-21-23(18)14-16-7-6-11-20-13-16/h3-13,15H,14H2,1-2H3,(H,22,25). The Labute approximate surface area is 163 Å². The molecule has 2 aromatic heterocycles. The summed E-state index contributed by atoms with van der Waals surface area (Å²) in [5, 5.41) is 6.99. The summed E-state index contributed by atoms with van der Waals surface area (Å²) in [5.41, 5.74) is 1.35. The number of carbonyl (C=O) groups is 1. The van der Waals surface area contributed by atoms with Gasteiger partial charge in [-0.15, -0.1) is 0 Å². The second-order valence-corrected chi connectivity index (χ2v) is 8.15. The van der Waals surface area contributed by atoms with Crippen LogP contribution in [0.4, 0.5) is 11.5 Å². The monoisotopic (exact) mass is 399 g/mol. The van der Waals surface area contributed by atoms with Crippen molar-refractivity contribution in [3.8, 4) is 0 Å². The summed E-state index contributed by atoms with van der Waals surface area (Å²) in [6, 6.07) is 13.0. The number of aromatic nitrogens is 3. The van der Waals surface area contributed by atoms with Crippen molar-refractivity contribution in [2.75, 3.05) is 15.9 Å². The van der Waals surface area contributed by atoms with Crippen molar-refractivity contribution in [2.24, 2.45) is 0 Å². The molecule has 2 heterocycles. The van der Waals surface area contributed by atoms with E-state index in [9.17, 15) is 13.2 Å². The third-order valence-corrected chi connectivity index (χ3v) is 5.36. The number of nitrogens with one attached hydrogen (secondary N) is 1. The summed E-state index contributed by atoms with van der Waals surface area (Å²) in [6.45, 7) is 1.98. The molecule has 0 saturated carbocycles. The Kier molecular flexibility index (Phi) is 5.74. The van der Waals surface area contributed by atoms with E-state index in [0.717, 1.165) is 16.1 Å². The van der Waals surface area contributed by atoms with E-state index < -0.39 is 22.0 Å². The van der Waals surface area contributed by atoms with Crippen LogP contribution in [0.1, 0.15) is 12.5 Å². The number of para-hydroxylation sites is 1. The van der Waals surface area contributed by atoms with Gasteiger partial charge in [0.05, 0.1) is 24.7 Å². The first-order valence-electron chi connectivity index (χ1n) is 8.62. The summed E-state index contributed by atoms with van der Waals surface area (Å²) in [6.07, 6.45) is 6.05. The van der Waals surface area contributed by atoms with Crippen LogP contribution in [0.15, 0.2) is 67.1 Å². The van der Waals surface area contributed by atoms with E-state index in [1.165, 1.54) is 0 Å². The molecule has 8 nitrogen and oxygen atoms in total. The van der Waals surface area contributed by atoms with E-state index >= 15 is 0 Å². The van der Waals surface area contributed by atoms with E-state index in [0.29, 0.717) is 18.1 Å². The van der Waals surface area contributed by atoms with Crippen LogP contribution < -0.4 is 9.62 Å². The average Bonchev–Trinajstić information content (AvgIpc) is 3.09. The number of benzene rings is 1. The minimum Gasteiger partial charge on any atom is -0.309 e. The molecule has 9 heteroatoms. The Morgan fingerprint density at radius 1 is 1.14 bits per heavy atom.